The van der Waals surface area contributed by atoms with Gasteiger partial charge in [0.25, 0.3) is 0 Å². The van der Waals surface area contributed by atoms with E-state index in [0.717, 1.165) is 35.4 Å². The molecular weight excluding hydrogens is 348 g/mol. The van der Waals surface area contributed by atoms with Gasteiger partial charge in [0.2, 0.25) is 11.7 Å². The van der Waals surface area contributed by atoms with Crippen LogP contribution in [0.2, 0.25) is 5.02 Å². The molecule has 1 aliphatic rings. The summed E-state index contributed by atoms with van der Waals surface area (Å²) in [5, 5.41) is 5.02. The van der Waals surface area contributed by atoms with Crippen LogP contribution in [0.4, 0.5) is 0 Å². The zero-order chi connectivity index (χ0) is 18.0. The van der Waals surface area contributed by atoms with E-state index in [9.17, 15) is 0 Å². The van der Waals surface area contributed by atoms with E-state index in [1.54, 1.807) is 0 Å². The Balaban J connectivity index is 1.60. The van der Waals surface area contributed by atoms with E-state index in [-0.39, 0.29) is 11.5 Å². The second kappa shape index (κ2) is 7.22. The van der Waals surface area contributed by atoms with Crippen molar-refractivity contribution >= 4 is 11.6 Å². The van der Waals surface area contributed by atoms with Gasteiger partial charge in [-0.2, -0.15) is 4.98 Å². The molecule has 0 aliphatic heterocycles. The molecule has 0 saturated heterocycles. The Kier molecular flexibility index (Phi) is 4.79. The smallest absolute Gasteiger partial charge is 0.233 e. The summed E-state index contributed by atoms with van der Waals surface area (Å²) in [4.78, 5) is 4.72. The third-order valence-electron chi connectivity index (χ3n) is 4.91. The molecular formula is C21H21ClN2O2. The Labute approximate surface area is 158 Å². The van der Waals surface area contributed by atoms with Crippen LogP contribution in [0, 0.1) is 0 Å². The first-order valence-corrected chi connectivity index (χ1v) is 9.34. The first kappa shape index (κ1) is 17.3. The van der Waals surface area contributed by atoms with Crippen LogP contribution in [0.25, 0.3) is 0 Å². The number of hydrogen-bond donors (Lipinski definition) is 0. The molecule has 4 nitrogen and oxygen atoms in total. The van der Waals surface area contributed by atoms with Crippen molar-refractivity contribution in [3.8, 4) is 0 Å². The third-order valence-corrected chi connectivity index (χ3v) is 5.27. The molecule has 1 fully saturated rings. The summed E-state index contributed by atoms with van der Waals surface area (Å²) in [6.07, 6.45) is 2.57. The third kappa shape index (κ3) is 3.39. The number of hydrogen-bond acceptors (Lipinski definition) is 4. The van der Waals surface area contributed by atoms with E-state index < -0.39 is 0 Å². The fourth-order valence-electron chi connectivity index (χ4n) is 3.29. The molecule has 2 aromatic carbocycles. The zero-order valence-electron chi connectivity index (χ0n) is 14.7. The molecule has 0 bridgehead atoms. The van der Waals surface area contributed by atoms with Crippen molar-refractivity contribution in [3.63, 3.8) is 0 Å². The van der Waals surface area contributed by atoms with Crippen molar-refractivity contribution in [1.29, 1.82) is 0 Å². The second-order valence-electron chi connectivity index (χ2n) is 6.75. The van der Waals surface area contributed by atoms with Crippen molar-refractivity contribution in [1.82, 2.24) is 10.1 Å². The van der Waals surface area contributed by atoms with Crippen LogP contribution < -0.4 is 0 Å². The quantitative estimate of drug-likeness (QED) is 0.580. The Hall–Kier alpha value is -2.17. The molecule has 4 rings (SSSR count). The molecule has 1 saturated carbocycles. The highest BCUT2D eigenvalue weighted by Crippen LogP contribution is 2.50. The summed E-state index contributed by atoms with van der Waals surface area (Å²) < 4.78 is 11.6. The molecule has 1 heterocycles. The van der Waals surface area contributed by atoms with Gasteiger partial charge in [0.15, 0.2) is 0 Å². The number of halogens is 1. The minimum absolute atomic E-state index is 0.0936. The Morgan fingerprint density at radius 1 is 1.12 bits per heavy atom. The average Bonchev–Trinajstić information content (AvgIpc) is 3.28. The SMILES string of the molecule is CCOC(c1ccccc1)c1noc(C2(Cc3ccccc3Cl)CC2)n1. The fraction of sp³-hybridized carbons (Fsp3) is 0.333. The molecule has 1 aliphatic carbocycles. The van der Waals surface area contributed by atoms with Crippen molar-refractivity contribution in [2.45, 2.75) is 37.7 Å². The summed E-state index contributed by atoms with van der Waals surface area (Å²) >= 11 is 6.34. The lowest BCUT2D eigenvalue weighted by molar-refractivity contribution is 0.0833. The van der Waals surface area contributed by atoms with Crippen LogP contribution in [0.3, 0.4) is 0 Å². The molecule has 5 heteroatoms. The predicted molar refractivity (Wildman–Crippen MR) is 100 cm³/mol. The van der Waals surface area contributed by atoms with Gasteiger partial charge in [-0.3, -0.25) is 0 Å². The van der Waals surface area contributed by atoms with Crippen LogP contribution in [-0.4, -0.2) is 16.7 Å². The summed E-state index contributed by atoms with van der Waals surface area (Å²) in [7, 11) is 0. The lowest BCUT2D eigenvalue weighted by Gasteiger charge is -2.14. The highest BCUT2D eigenvalue weighted by atomic mass is 35.5. The molecule has 26 heavy (non-hydrogen) atoms. The summed E-state index contributed by atoms with van der Waals surface area (Å²) in [5.74, 6) is 1.27. The molecule has 0 amide bonds. The van der Waals surface area contributed by atoms with E-state index in [2.05, 4.69) is 11.2 Å². The lowest BCUT2D eigenvalue weighted by Crippen LogP contribution is -2.13. The van der Waals surface area contributed by atoms with Gasteiger partial charge in [0.1, 0.15) is 6.10 Å². The predicted octanol–water partition coefficient (Wildman–Crippen LogP) is 5.12. The van der Waals surface area contributed by atoms with Gasteiger partial charge in [-0.15, -0.1) is 0 Å². The van der Waals surface area contributed by atoms with E-state index in [4.69, 9.17) is 25.8 Å². The normalized spacial score (nSPS) is 16.4. The lowest BCUT2D eigenvalue weighted by atomic mass is 9.96. The minimum atomic E-state index is -0.310. The first-order valence-electron chi connectivity index (χ1n) is 8.96. The van der Waals surface area contributed by atoms with E-state index >= 15 is 0 Å². The van der Waals surface area contributed by atoms with Crippen LogP contribution >= 0.6 is 11.6 Å². The molecule has 0 radical (unpaired) electrons. The highest BCUT2D eigenvalue weighted by molar-refractivity contribution is 6.31. The minimum Gasteiger partial charge on any atom is -0.366 e. The van der Waals surface area contributed by atoms with E-state index in [1.807, 2.05) is 55.5 Å². The summed E-state index contributed by atoms with van der Waals surface area (Å²) in [6, 6.07) is 17.9. The number of ether oxygens (including phenoxy) is 1. The summed E-state index contributed by atoms with van der Waals surface area (Å²) in [5.41, 5.74) is 2.05. The van der Waals surface area contributed by atoms with Gasteiger partial charge in [0.05, 0.1) is 5.41 Å². The first-order chi connectivity index (χ1) is 12.7. The molecule has 3 aromatic rings. The van der Waals surface area contributed by atoms with Crippen LogP contribution in [0.5, 0.6) is 0 Å². The largest absolute Gasteiger partial charge is 0.366 e. The van der Waals surface area contributed by atoms with Gasteiger partial charge in [-0.25, -0.2) is 0 Å². The molecule has 1 aromatic heterocycles. The zero-order valence-corrected chi connectivity index (χ0v) is 15.4. The topological polar surface area (TPSA) is 48.2 Å². The van der Waals surface area contributed by atoms with Gasteiger partial charge < -0.3 is 9.26 Å². The second-order valence-corrected chi connectivity index (χ2v) is 7.16. The van der Waals surface area contributed by atoms with Crippen molar-refractivity contribution in [2.75, 3.05) is 6.61 Å². The maximum atomic E-state index is 6.34. The standard InChI is InChI=1S/C21H21ClN2O2/c1-2-25-18(15-8-4-3-5-9-15)19-23-20(26-24-19)21(12-13-21)14-16-10-6-7-11-17(16)22/h3-11,18H,2,12-14H2,1H3. The van der Waals surface area contributed by atoms with Gasteiger partial charge in [0, 0.05) is 11.6 Å². The molecule has 0 N–H and O–H groups in total. The molecule has 1 atom stereocenters. The average molecular weight is 369 g/mol. The molecule has 0 spiro atoms. The van der Waals surface area contributed by atoms with Crippen LogP contribution in [0.1, 0.15) is 48.7 Å². The Morgan fingerprint density at radius 3 is 2.54 bits per heavy atom. The number of benzene rings is 2. The van der Waals surface area contributed by atoms with Crippen molar-refractivity contribution in [3.05, 3.63) is 82.5 Å². The van der Waals surface area contributed by atoms with Gasteiger partial charge >= 0.3 is 0 Å². The number of rotatable bonds is 7. The molecule has 134 valence electrons. The molecule has 1 unspecified atom stereocenters. The summed E-state index contributed by atoms with van der Waals surface area (Å²) in [6.45, 7) is 2.55. The van der Waals surface area contributed by atoms with Gasteiger partial charge in [-0.1, -0.05) is 65.3 Å². The van der Waals surface area contributed by atoms with Crippen LogP contribution in [-0.2, 0) is 16.6 Å². The Bertz CT molecular complexity index is 874. The van der Waals surface area contributed by atoms with Gasteiger partial charge in [-0.05, 0) is 43.4 Å². The van der Waals surface area contributed by atoms with Crippen LogP contribution in [0.15, 0.2) is 59.1 Å². The highest BCUT2D eigenvalue weighted by Gasteiger charge is 2.49. The number of nitrogens with zero attached hydrogens (tertiary/aromatic N) is 2. The monoisotopic (exact) mass is 368 g/mol. The Morgan fingerprint density at radius 2 is 1.85 bits per heavy atom. The van der Waals surface area contributed by atoms with Crippen molar-refractivity contribution < 1.29 is 9.26 Å². The maximum Gasteiger partial charge on any atom is 0.233 e. The fourth-order valence-corrected chi connectivity index (χ4v) is 3.50. The maximum absolute atomic E-state index is 6.34. The van der Waals surface area contributed by atoms with Crippen molar-refractivity contribution in [2.24, 2.45) is 0 Å². The number of aromatic nitrogens is 2. The van der Waals surface area contributed by atoms with E-state index in [1.165, 1.54) is 0 Å². The van der Waals surface area contributed by atoms with E-state index in [0.29, 0.717) is 18.3 Å².